The maximum atomic E-state index is 10.6. The van der Waals surface area contributed by atoms with Crippen molar-refractivity contribution in [3.63, 3.8) is 0 Å². The summed E-state index contributed by atoms with van der Waals surface area (Å²) in [5.41, 5.74) is -1.28. The van der Waals surface area contributed by atoms with Gasteiger partial charge in [-0.1, -0.05) is 0 Å². The van der Waals surface area contributed by atoms with E-state index >= 15 is 0 Å². The van der Waals surface area contributed by atoms with Crippen molar-refractivity contribution >= 4 is 11.9 Å². The minimum absolute atomic E-state index is 0.174. The molecule has 0 amide bonds. The first-order chi connectivity index (χ1) is 6.86. The van der Waals surface area contributed by atoms with Crippen LogP contribution in [0.25, 0.3) is 0 Å². The van der Waals surface area contributed by atoms with Crippen molar-refractivity contribution in [2.24, 2.45) is 0 Å². The lowest BCUT2D eigenvalue weighted by atomic mass is 10.0. The lowest BCUT2D eigenvalue weighted by molar-refractivity contribution is 0.0693. The van der Waals surface area contributed by atoms with Crippen LogP contribution in [-0.2, 0) is 0 Å². The number of carboxylic acids is 2. The minimum Gasteiger partial charge on any atom is -0.507 e. The fourth-order valence-corrected chi connectivity index (χ4v) is 1.12. The Labute approximate surface area is 84.0 Å². The van der Waals surface area contributed by atoms with Gasteiger partial charge in [0.2, 0.25) is 0 Å². The highest BCUT2D eigenvalue weighted by Gasteiger charge is 2.21. The Bertz CT molecular complexity index is 410. The molecule has 0 atom stereocenters. The van der Waals surface area contributed by atoms with E-state index in [4.69, 9.17) is 10.2 Å². The van der Waals surface area contributed by atoms with Gasteiger partial charge in [-0.05, 0) is 13.0 Å². The number of hydrogen-bond donors (Lipinski definition) is 4. The van der Waals surface area contributed by atoms with E-state index in [1.807, 2.05) is 0 Å². The van der Waals surface area contributed by atoms with Gasteiger partial charge < -0.3 is 20.4 Å². The summed E-state index contributed by atoms with van der Waals surface area (Å²) in [6.45, 7) is 1.23. The molecule has 6 heteroatoms. The van der Waals surface area contributed by atoms with E-state index in [1.54, 1.807) is 0 Å². The van der Waals surface area contributed by atoms with Crippen molar-refractivity contribution in [3.8, 4) is 11.5 Å². The summed E-state index contributed by atoms with van der Waals surface area (Å²) >= 11 is 0. The van der Waals surface area contributed by atoms with Crippen LogP contribution in [0.1, 0.15) is 26.3 Å². The van der Waals surface area contributed by atoms with Gasteiger partial charge in [-0.3, -0.25) is 0 Å². The summed E-state index contributed by atoms with van der Waals surface area (Å²) in [6, 6.07) is 0.711. The fourth-order valence-electron chi connectivity index (χ4n) is 1.12. The number of aromatic hydroxyl groups is 2. The third kappa shape index (κ3) is 1.69. The molecule has 0 saturated carbocycles. The molecule has 0 aromatic heterocycles. The highest BCUT2D eigenvalue weighted by molar-refractivity contribution is 5.98. The van der Waals surface area contributed by atoms with Crippen LogP contribution in [0.15, 0.2) is 6.07 Å². The van der Waals surface area contributed by atoms with E-state index in [0.29, 0.717) is 6.07 Å². The van der Waals surface area contributed by atoms with Gasteiger partial charge in [0.25, 0.3) is 0 Å². The van der Waals surface area contributed by atoms with E-state index < -0.39 is 34.6 Å². The summed E-state index contributed by atoms with van der Waals surface area (Å²) in [5, 5.41) is 35.9. The third-order valence-electron chi connectivity index (χ3n) is 1.97. The Kier molecular flexibility index (Phi) is 2.52. The molecule has 0 aliphatic carbocycles. The van der Waals surface area contributed by atoms with Gasteiger partial charge in [0.05, 0.1) is 0 Å². The summed E-state index contributed by atoms with van der Waals surface area (Å²) in [7, 11) is 0. The lowest BCUT2D eigenvalue weighted by Crippen LogP contribution is -2.04. The van der Waals surface area contributed by atoms with E-state index in [2.05, 4.69) is 0 Å². The Morgan fingerprint density at radius 2 is 1.33 bits per heavy atom. The molecule has 0 unspecified atom stereocenters. The number of rotatable bonds is 2. The smallest absolute Gasteiger partial charge is 0.339 e. The molecule has 1 aromatic rings. The molecule has 0 aliphatic rings. The molecule has 0 saturated heterocycles. The molecule has 80 valence electrons. The van der Waals surface area contributed by atoms with Crippen LogP contribution in [0.5, 0.6) is 11.5 Å². The average molecular weight is 212 g/mol. The first kappa shape index (κ1) is 10.8. The maximum Gasteiger partial charge on any atom is 0.339 e. The average Bonchev–Trinajstić information content (AvgIpc) is 2.13. The number of carboxylic acid groups (broad SMARTS) is 2. The monoisotopic (exact) mass is 212 g/mol. The predicted octanol–water partition coefficient (Wildman–Crippen LogP) is 0.803. The molecule has 0 radical (unpaired) electrons. The maximum absolute atomic E-state index is 10.6. The van der Waals surface area contributed by atoms with E-state index in [9.17, 15) is 19.8 Å². The number of hydrogen-bond acceptors (Lipinski definition) is 4. The van der Waals surface area contributed by atoms with Crippen molar-refractivity contribution < 1.29 is 30.0 Å². The fraction of sp³-hybridized carbons (Fsp3) is 0.111. The van der Waals surface area contributed by atoms with Gasteiger partial charge in [0.15, 0.2) is 0 Å². The molecule has 0 fully saturated rings. The molecule has 4 N–H and O–H groups in total. The molecular weight excluding hydrogens is 204 g/mol. The zero-order valence-electron chi connectivity index (χ0n) is 7.68. The van der Waals surface area contributed by atoms with Gasteiger partial charge in [-0.15, -0.1) is 0 Å². The van der Waals surface area contributed by atoms with Crippen LogP contribution in [0, 0.1) is 6.92 Å². The van der Waals surface area contributed by atoms with Gasteiger partial charge in [0.1, 0.15) is 22.6 Å². The quantitative estimate of drug-likeness (QED) is 0.576. The topological polar surface area (TPSA) is 115 Å². The molecule has 0 bridgehead atoms. The van der Waals surface area contributed by atoms with Crippen molar-refractivity contribution in [1.29, 1.82) is 0 Å². The largest absolute Gasteiger partial charge is 0.507 e. The molecule has 1 aromatic carbocycles. The number of phenols is 2. The van der Waals surface area contributed by atoms with Gasteiger partial charge >= 0.3 is 11.9 Å². The normalized spacial score (nSPS) is 9.93. The summed E-state index contributed by atoms with van der Waals surface area (Å²) in [6.07, 6.45) is 0. The van der Waals surface area contributed by atoms with Crippen LogP contribution < -0.4 is 0 Å². The van der Waals surface area contributed by atoms with Crippen LogP contribution >= 0.6 is 0 Å². The number of benzene rings is 1. The van der Waals surface area contributed by atoms with Crippen molar-refractivity contribution in [1.82, 2.24) is 0 Å². The summed E-state index contributed by atoms with van der Waals surface area (Å²) in [4.78, 5) is 21.3. The van der Waals surface area contributed by atoms with E-state index in [1.165, 1.54) is 6.92 Å². The van der Waals surface area contributed by atoms with Crippen LogP contribution in [0.2, 0.25) is 0 Å². The zero-order valence-corrected chi connectivity index (χ0v) is 7.68. The van der Waals surface area contributed by atoms with Crippen LogP contribution in [-0.4, -0.2) is 32.4 Å². The number of carbonyl (C=O) groups is 2. The van der Waals surface area contributed by atoms with Crippen LogP contribution in [0.4, 0.5) is 0 Å². The van der Waals surface area contributed by atoms with Crippen molar-refractivity contribution in [2.75, 3.05) is 0 Å². The predicted molar refractivity (Wildman–Crippen MR) is 48.4 cm³/mol. The van der Waals surface area contributed by atoms with E-state index in [-0.39, 0.29) is 5.56 Å². The van der Waals surface area contributed by atoms with E-state index in [0.717, 1.165) is 0 Å². The molecule has 1 rings (SSSR count). The van der Waals surface area contributed by atoms with Crippen molar-refractivity contribution in [3.05, 3.63) is 22.8 Å². The Balaban J connectivity index is 3.59. The first-order valence-electron chi connectivity index (χ1n) is 3.88. The van der Waals surface area contributed by atoms with Gasteiger partial charge in [-0.25, -0.2) is 9.59 Å². The lowest BCUT2D eigenvalue weighted by Gasteiger charge is -2.08. The van der Waals surface area contributed by atoms with Gasteiger partial charge in [0, 0.05) is 5.56 Å². The molecular formula is C9H8O6. The molecule has 0 spiro atoms. The standard InChI is InChI=1S/C9H8O6/c1-3-6(10)4(8(12)13)2-5(7(3)11)9(14)15/h2,10-11H,1H3,(H,12,13)(H,14,15). The molecule has 15 heavy (non-hydrogen) atoms. The Morgan fingerprint density at radius 3 is 1.60 bits per heavy atom. The zero-order chi connectivity index (χ0) is 11.7. The summed E-state index contributed by atoms with van der Waals surface area (Å²) in [5.74, 6) is -4.19. The highest BCUT2D eigenvalue weighted by atomic mass is 16.4. The first-order valence-corrected chi connectivity index (χ1v) is 3.88. The highest BCUT2D eigenvalue weighted by Crippen LogP contribution is 2.33. The second-order valence-corrected chi connectivity index (χ2v) is 2.90. The second kappa shape index (κ2) is 3.49. The molecule has 0 heterocycles. The third-order valence-corrected chi connectivity index (χ3v) is 1.97. The van der Waals surface area contributed by atoms with Gasteiger partial charge in [-0.2, -0.15) is 0 Å². The van der Waals surface area contributed by atoms with Crippen LogP contribution in [0.3, 0.4) is 0 Å². The second-order valence-electron chi connectivity index (χ2n) is 2.90. The minimum atomic E-state index is -1.46. The Hall–Kier alpha value is -2.24. The number of aromatic carboxylic acids is 2. The van der Waals surface area contributed by atoms with Crippen molar-refractivity contribution in [2.45, 2.75) is 6.92 Å². The SMILES string of the molecule is Cc1c(O)c(C(=O)O)cc(C(=O)O)c1O. The Morgan fingerprint density at radius 1 is 1.00 bits per heavy atom. The molecule has 0 aliphatic heterocycles. The molecule has 6 nitrogen and oxygen atoms in total. The summed E-state index contributed by atoms with van der Waals surface area (Å²) < 4.78 is 0.